The van der Waals surface area contributed by atoms with Gasteiger partial charge in [0.1, 0.15) is 0 Å². The van der Waals surface area contributed by atoms with Crippen LogP contribution in [0.4, 0.5) is 0 Å². The number of carboxylic acids is 1. The summed E-state index contributed by atoms with van der Waals surface area (Å²) in [6, 6.07) is 7.74. The molecule has 0 spiro atoms. The molecule has 12 heavy (non-hydrogen) atoms. The van der Waals surface area contributed by atoms with E-state index in [4.69, 9.17) is 5.11 Å². The molecule has 0 radical (unpaired) electrons. The van der Waals surface area contributed by atoms with Crippen molar-refractivity contribution in [2.45, 2.75) is 18.8 Å². The number of benzene rings is 1. The summed E-state index contributed by atoms with van der Waals surface area (Å²) < 4.78 is 0. The van der Waals surface area contributed by atoms with Crippen molar-refractivity contribution in [2.24, 2.45) is 0 Å². The number of aliphatic carboxylic acids is 1. The molecule has 1 N–H and O–H groups in total. The Morgan fingerprint density at radius 3 is 2.50 bits per heavy atom. The lowest BCUT2D eigenvalue weighted by atomic mass is 9.69. The lowest BCUT2D eigenvalue weighted by Crippen LogP contribution is -2.28. The first-order valence-corrected chi connectivity index (χ1v) is 4.03. The van der Waals surface area contributed by atoms with Crippen LogP contribution >= 0.6 is 0 Å². The van der Waals surface area contributed by atoms with Crippen molar-refractivity contribution >= 4 is 5.97 Å². The summed E-state index contributed by atoms with van der Waals surface area (Å²) in [6.07, 6.45) is 0. The predicted molar refractivity (Wildman–Crippen MR) is 45.2 cm³/mol. The molecule has 2 rings (SSSR count). The fraction of sp³-hybridized carbons (Fsp3) is 0.300. The normalized spacial score (nSPS) is 25.8. The Kier molecular flexibility index (Phi) is 1.43. The quantitative estimate of drug-likeness (QED) is 0.685. The van der Waals surface area contributed by atoms with Gasteiger partial charge in [0.15, 0.2) is 0 Å². The van der Waals surface area contributed by atoms with Crippen LogP contribution < -0.4 is 0 Å². The fourth-order valence-electron chi connectivity index (χ4n) is 1.91. The maximum absolute atomic E-state index is 10.8. The molecule has 0 aromatic heterocycles. The van der Waals surface area contributed by atoms with Crippen LogP contribution in [-0.4, -0.2) is 11.1 Å². The third kappa shape index (κ3) is 0.779. The van der Waals surface area contributed by atoms with Gasteiger partial charge in [0, 0.05) is 0 Å². The molecule has 1 aromatic rings. The second-order valence-corrected chi connectivity index (χ2v) is 3.23. The molecule has 1 aromatic carbocycles. The highest BCUT2D eigenvalue weighted by molar-refractivity contribution is 5.81. The molecule has 1 aliphatic carbocycles. The van der Waals surface area contributed by atoms with E-state index < -0.39 is 5.97 Å². The van der Waals surface area contributed by atoms with Gasteiger partial charge in [-0.05, 0) is 17.0 Å². The Morgan fingerprint density at radius 1 is 1.33 bits per heavy atom. The van der Waals surface area contributed by atoms with Crippen LogP contribution in [0.15, 0.2) is 24.3 Å². The number of fused-ring (bicyclic) bond motifs is 1. The molecule has 2 nitrogen and oxygen atoms in total. The summed E-state index contributed by atoms with van der Waals surface area (Å²) in [4.78, 5) is 10.8. The molecule has 0 amide bonds. The molecule has 2 atom stereocenters. The lowest BCUT2D eigenvalue weighted by Gasteiger charge is -2.34. The van der Waals surface area contributed by atoms with Crippen LogP contribution in [0.5, 0.6) is 0 Å². The highest BCUT2D eigenvalue weighted by atomic mass is 16.4. The second kappa shape index (κ2) is 2.34. The number of hydrogen-bond donors (Lipinski definition) is 1. The minimum Gasteiger partial charge on any atom is -0.481 e. The van der Waals surface area contributed by atoms with Crippen LogP contribution in [0.3, 0.4) is 0 Å². The van der Waals surface area contributed by atoms with Crippen LogP contribution in [0.25, 0.3) is 0 Å². The molecule has 0 fully saturated rings. The summed E-state index contributed by atoms with van der Waals surface area (Å²) in [5, 5.41) is 8.85. The first-order chi connectivity index (χ1) is 5.72. The Morgan fingerprint density at radius 2 is 1.92 bits per heavy atom. The van der Waals surface area contributed by atoms with Crippen LogP contribution in [0.1, 0.15) is 29.9 Å². The largest absolute Gasteiger partial charge is 0.481 e. The summed E-state index contributed by atoms with van der Waals surface area (Å²) in [5.74, 6) is -0.805. The van der Waals surface area contributed by atoms with Gasteiger partial charge in [-0.3, -0.25) is 4.79 Å². The minimum absolute atomic E-state index is 0.179. The molecular weight excluding hydrogens is 152 g/mol. The van der Waals surface area contributed by atoms with E-state index in [1.807, 2.05) is 31.2 Å². The second-order valence-electron chi connectivity index (χ2n) is 3.23. The van der Waals surface area contributed by atoms with Gasteiger partial charge in [-0.2, -0.15) is 0 Å². The Hall–Kier alpha value is -1.31. The highest BCUT2D eigenvalue weighted by Gasteiger charge is 2.38. The smallest absolute Gasteiger partial charge is 0.311 e. The molecular formula is C10H10O2. The standard InChI is InChI=1S/C10H10O2/c1-6-7-4-2-3-5-8(7)9(6)10(11)12/h2-6,9H,1H3,(H,11,12)/t6-,9+/m0/s1. The van der Waals surface area contributed by atoms with Gasteiger partial charge in [-0.15, -0.1) is 0 Å². The zero-order chi connectivity index (χ0) is 8.72. The van der Waals surface area contributed by atoms with E-state index in [0.717, 1.165) is 5.56 Å². The summed E-state index contributed by atoms with van der Waals surface area (Å²) in [5.41, 5.74) is 2.17. The van der Waals surface area contributed by atoms with E-state index in [0.29, 0.717) is 0 Å². The monoisotopic (exact) mass is 162 g/mol. The maximum Gasteiger partial charge on any atom is 0.311 e. The van der Waals surface area contributed by atoms with Gasteiger partial charge >= 0.3 is 5.97 Å². The van der Waals surface area contributed by atoms with Crippen molar-refractivity contribution in [3.63, 3.8) is 0 Å². The van der Waals surface area contributed by atoms with Crippen molar-refractivity contribution in [2.75, 3.05) is 0 Å². The van der Waals surface area contributed by atoms with Crippen molar-refractivity contribution < 1.29 is 9.90 Å². The van der Waals surface area contributed by atoms with E-state index in [9.17, 15) is 4.79 Å². The number of carbonyl (C=O) groups is 1. The maximum atomic E-state index is 10.8. The number of hydrogen-bond acceptors (Lipinski definition) is 1. The van der Waals surface area contributed by atoms with Gasteiger partial charge < -0.3 is 5.11 Å². The molecule has 0 saturated carbocycles. The third-order valence-electron chi connectivity index (χ3n) is 2.59. The van der Waals surface area contributed by atoms with Crippen LogP contribution in [0.2, 0.25) is 0 Å². The van der Waals surface area contributed by atoms with Crippen molar-refractivity contribution in [3.05, 3.63) is 35.4 Å². The first-order valence-electron chi connectivity index (χ1n) is 4.03. The zero-order valence-corrected chi connectivity index (χ0v) is 6.82. The average molecular weight is 162 g/mol. The van der Waals surface area contributed by atoms with E-state index >= 15 is 0 Å². The van der Waals surface area contributed by atoms with E-state index in [2.05, 4.69) is 0 Å². The van der Waals surface area contributed by atoms with E-state index in [1.54, 1.807) is 0 Å². The Balaban J connectivity index is 2.43. The summed E-state index contributed by atoms with van der Waals surface area (Å²) in [6.45, 7) is 1.96. The van der Waals surface area contributed by atoms with Gasteiger partial charge in [-0.25, -0.2) is 0 Å². The molecule has 62 valence electrons. The van der Waals surface area contributed by atoms with Gasteiger partial charge in [-0.1, -0.05) is 31.2 Å². The first kappa shape index (κ1) is 7.35. The number of rotatable bonds is 1. The average Bonchev–Trinajstić information content (AvgIpc) is 2.03. The van der Waals surface area contributed by atoms with Crippen molar-refractivity contribution in [1.82, 2.24) is 0 Å². The molecule has 0 aliphatic heterocycles. The molecule has 2 heteroatoms. The fourth-order valence-corrected chi connectivity index (χ4v) is 1.91. The Labute approximate surface area is 70.8 Å². The van der Waals surface area contributed by atoms with Gasteiger partial charge in [0.05, 0.1) is 5.92 Å². The lowest BCUT2D eigenvalue weighted by molar-refractivity contribution is -0.140. The highest BCUT2D eigenvalue weighted by Crippen LogP contribution is 2.45. The minimum atomic E-state index is -0.707. The summed E-state index contributed by atoms with van der Waals surface area (Å²) in [7, 11) is 0. The van der Waals surface area contributed by atoms with Crippen molar-refractivity contribution in [3.8, 4) is 0 Å². The van der Waals surface area contributed by atoms with Gasteiger partial charge in [0.25, 0.3) is 0 Å². The molecule has 0 heterocycles. The molecule has 0 bridgehead atoms. The molecule has 1 aliphatic rings. The SMILES string of the molecule is C[C@H]1c2ccccc2[C@@H]1C(=O)O. The van der Waals surface area contributed by atoms with Crippen LogP contribution in [-0.2, 0) is 4.79 Å². The van der Waals surface area contributed by atoms with Crippen molar-refractivity contribution in [1.29, 1.82) is 0 Å². The molecule has 0 saturated heterocycles. The van der Waals surface area contributed by atoms with E-state index in [-0.39, 0.29) is 11.8 Å². The topological polar surface area (TPSA) is 37.3 Å². The van der Waals surface area contributed by atoms with E-state index in [1.165, 1.54) is 5.56 Å². The zero-order valence-electron chi connectivity index (χ0n) is 6.82. The third-order valence-corrected chi connectivity index (χ3v) is 2.59. The van der Waals surface area contributed by atoms with Crippen LogP contribution in [0, 0.1) is 0 Å². The molecule has 0 unspecified atom stereocenters. The predicted octanol–water partition coefficient (Wildman–Crippen LogP) is 1.97. The summed E-state index contributed by atoms with van der Waals surface area (Å²) >= 11 is 0. The Bertz CT molecular complexity index is 330. The number of carboxylic acid groups (broad SMARTS) is 1. The van der Waals surface area contributed by atoms with Gasteiger partial charge in [0.2, 0.25) is 0 Å².